The van der Waals surface area contributed by atoms with Crippen molar-refractivity contribution in [3.05, 3.63) is 65.6 Å². The summed E-state index contributed by atoms with van der Waals surface area (Å²) in [5.41, 5.74) is 3.49. The zero-order valence-corrected chi connectivity index (χ0v) is 13.7. The molecule has 5 heteroatoms. The molecule has 3 aromatic rings. The van der Waals surface area contributed by atoms with E-state index in [1.54, 1.807) is 35.9 Å². The highest BCUT2D eigenvalue weighted by Crippen LogP contribution is 2.23. The Hall–Kier alpha value is -2.95. The maximum atomic E-state index is 12.0. The second-order valence-electron chi connectivity index (χ2n) is 5.78. The van der Waals surface area contributed by atoms with Crippen molar-refractivity contribution in [2.45, 2.75) is 20.3 Å². The molecule has 2 aromatic heterocycles. The van der Waals surface area contributed by atoms with Gasteiger partial charge in [-0.1, -0.05) is 17.7 Å². The summed E-state index contributed by atoms with van der Waals surface area (Å²) in [5.74, 6) is -0.213. The predicted molar refractivity (Wildman–Crippen MR) is 93.2 cm³/mol. The quantitative estimate of drug-likeness (QED) is 0.803. The number of hydrogen-bond acceptors (Lipinski definition) is 3. The van der Waals surface area contributed by atoms with Crippen molar-refractivity contribution in [3.63, 3.8) is 0 Å². The summed E-state index contributed by atoms with van der Waals surface area (Å²) in [7, 11) is 0. The SMILES string of the molecule is CC(=O)n1cc(CCNC(=O)c2ccccn2)c2cc(C)ccc21. The minimum Gasteiger partial charge on any atom is -0.350 e. The largest absolute Gasteiger partial charge is 0.350 e. The van der Waals surface area contributed by atoms with E-state index in [4.69, 9.17) is 0 Å². The van der Waals surface area contributed by atoms with Crippen molar-refractivity contribution in [1.82, 2.24) is 14.9 Å². The number of nitrogens with one attached hydrogen (secondary N) is 1. The van der Waals surface area contributed by atoms with E-state index in [1.165, 1.54) is 0 Å². The minimum atomic E-state index is -0.193. The Balaban J connectivity index is 1.77. The number of rotatable bonds is 4. The molecule has 0 unspecified atom stereocenters. The fourth-order valence-electron chi connectivity index (χ4n) is 2.77. The van der Waals surface area contributed by atoms with Crippen LogP contribution >= 0.6 is 0 Å². The molecule has 0 aliphatic heterocycles. The summed E-state index contributed by atoms with van der Waals surface area (Å²) < 4.78 is 1.66. The van der Waals surface area contributed by atoms with Gasteiger partial charge in [0.05, 0.1) is 5.52 Å². The molecule has 0 radical (unpaired) electrons. The fourth-order valence-corrected chi connectivity index (χ4v) is 2.77. The molecule has 2 heterocycles. The first kappa shape index (κ1) is 15.9. The van der Waals surface area contributed by atoms with Gasteiger partial charge in [0, 0.05) is 31.2 Å². The van der Waals surface area contributed by atoms with Crippen LogP contribution in [0.2, 0.25) is 0 Å². The summed E-state index contributed by atoms with van der Waals surface area (Å²) >= 11 is 0. The first-order valence-electron chi connectivity index (χ1n) is 7.87. The number of pyridine rings is 1. The Morgan fingerprint density at radius 2 is 2.04 bits per heavy atom. The van der Waals surface area contributed by atoms with Crippen LogP contribution in [0.5, 0.6) is 0 Å². The van der Waals surface area contributed by atoms with Gasteiger partial charge in [-0.25, -0.2) is 0 Å². The van der Waals surface area contributed by atoms with Gasteiger partial charge in [0.1, 0.15) is 5.69 Å². The van der Waals surface area contributed by atoms with Gasteiger partial charge in [0.25, 0.3) is 5.91 Å². The predicted octanol–water partition coefficient (Wildman–Crippen LogP) is 2.98. The summed E-state index contributed by atoms with van der Waals surface area (Å²) in [6, 6.07) is 11.3. The third-order valence-corrected chi connectivity index (χ3v) is 3.96. The molecule has 0 atom stereocenters. The molecular formula is C19H19N3O2. The Morgan fingerprint density at radius 1 is 1.21 bits per heavy atom. The van der Waals surface area contributed by atoms with Crippen LogP contribution in [0.4, 0.5) is 0 Å². The van der Waals surface area contributed by atoms with Crippen LogP contribution in [-0.4, -0.2) is 27.9 Å². The molecule has 1 N–H and O–H groups in total. The van der Waals surface area contributed by atoms with Crippen LogP contribution in [0.25, 0.3) is 10.9 Å². The fraction of sp³-hybridized carbons (Fsp3) is 0.211. The van der Waals surface area contributed by atoms with Crippen LogP contribution in [-0.2, 0) is 6.42 Å². The molecule has 1 amide bonds. The van der Waals surface area contributed by atoms with E-state index in [1.807, 2.05) is 25.3 Å². The van der Waals surface area contributed by atoms with Crippen molar-refractivity contribution in [2.75, 3.05) is 6.54 Å². The number of fused-ring (bicyclic) bond motifs is 1. The lowest BCUT2D eigenvalue weighted by molar-refractivity contribution is 0.0935. The van der Waals surface area contributed by atoms with Crippen LogP contribution in [0.15, 0.2) is 48.8 Å². The number of amides is 1. The number of aryl methyl sites for hydroxylation is 1. The van der Waals surface area contributed by atoms with Gasteiger partial charge in [-0.3, -0.25) is 19.1 Å². The number of hydrogen-bond donors (Lipinski definition) is 1. The van der Waals surface area contributed by atoms with Crippen molar-refractivity contribution < 1.29 is 9.59 Å². The van der Waals surface area contributed by atoms with E-state index in [-0.39, 0.29) is 11.8 Å². The molecule has 0 aliphatic carbocycles. The summed E-state index contributed by atoms with van der Waals surface area (Å²) in [5, 5.41) is 3.92. The first-order chi connectivity index (χ1) is 11.6. The molecule has 0 bridgehead atoms. The minimum absolute atomic E-state index is 0.0207. The van der Waals surface area contributed by atoms with Crippen LogP contribution in [0.3, 0.4) is 0 Å². The average molecular weight is 321 g/mol. The van der Waals surface area contributed by atoms with E-state index in [0.29, 0.717) is 18.7 Å². The summed E-state index contributed by atoms with van der Waals surface area (Å²) in [6.45, 7) is 4.06. The Labute approximate surface area is 140 Å². The van der Waals surface area contributed by atoms with Crippen LogP contribution < -0.4 is 5.32 Å². The van der Waals surface area contributed by atoms with Gasteiger partial charge in [-0.05, 0) is 43.2 Å². The Kier molecular flexibility index (Phi) is 4.42. The molecule has 24 heavy (non-hydrogen) atoms. The number of nitrogens with zero attached hydrogens (tertiary/aromatic N) is 2. The van der Waals surface area contributed by atoms with Gasteiger partial charge in [-0.15, -0.1) is 0 Å². The second-order valence-corrected chi connectivity index (χ2v) is 5.78. The Bertz CT molecular complexity index is 898. The maximum Gasteiger partial charge on any atom is 0.269 e. The highest BCUT2D eigenvalue weighted by atomic mass is 16.2. The van der Waals surface area contributed by atoms with Gasteiger partial charge < -0.3 is 5.32 Å². The van der Waals surface area contributed by atoms with E-state index < -0.39 is 0 Å². The van der Waals surface area contributed by atoms with Gasteiger partial charge in [0.15, 0.2) is 0 Å². The van der Waals surface area contributed by atoms with E-state index in [9.17, 15) is 9.59 Å². The zero-order chi connectivity index (χ0) is 17.1. The average Bonchev–Trinajstić information content (AvgIpc) is 2.94. The number of carbonyl (C=O) groups excluding carboxylic acids is 2. The lowest BCUT2D eigenvalue weighted by Gasteiger charge is -2.04. The lowest BCUT2D eigenvalue weighted by Crippen LogP contribution is -2.26. The second kappa shape index (κ2) is 6.66. The molecule has 0 fully saturated rings. The molecule has 0 saturated carbocycles. The standard InChI is InChI=1S/C19H19N3O2/c1-13-6-7-18-16(11-13)15(12-22(18)14(2)23)8-10-21-19(24)17-5-3-4-9-20-17/h3-7,9,11-12H,8,10H2,1-2H3,(H,21,24). The molecular weight excluding hydrogens is 302 g/mol. The summed E-state index contributed by atoms with van der Waals surface area (Å²) in [4.78, 5) is 27.9. The third kappa shape index (κ3) is 3.20. The normalized spacial score (nSPS) is 10.8. The van der Waals surface area contributed by atoms with E-state index >= 15 is 0 Å². The van der Waals surface area contributed by atoms with Crippen molar-refractivity contribution in [3.8, 4) is 0 Å². The van der Waals surface area contributed by atoms with Gasteiger partial charge in [-0.2, -0.15) is 0 Å². The van der Waals surface area contributed by atoms with Crippen LogP contribution in [0, 0.1) is 6.92 Å². The number of benzene rings is 1. The molecule has 0 aliphatic rings. The number of carbonyl (C=O) groups is 2. The topological polar surface area (TPSA) is 64.0 Å². The molecule has 0 spiro atoms. The highest BCUT2D eigenvalue weighted by molar-refractivity contribution is 5.94. The molecule has 122 valence electrons. The molecule has 5 nitrogen and oxygen atoms in total. The number of aromatic nitrogens is 2. The molecule has 1 aromatic carbocycles. The zero-order valence-electron chi connectivity index (χ0n) is 13.7. The highest BCUT2D eigenvalue weighted by Gasteiger charge is 2.12. The Morgan fingerprint density at radius 3 is 2.75 bits per heavy atom. The van der Waals surface area contributed by atoms with Crippen molar-refractivity contribution >= 4 is 22.7 Å². The van der Waals surface area contributed by atoms with Gasteiger partial charge >= 0.3 is 0 Å². The van der Waals surface area contributed by atoms with Crippen LogP contribution in [0.1, 0.15) is 33.3 Å². The summed E-state index contributed by atoms with van der Waals surface area (Å²) in [6.07, 6.45) is 4.11. The third-order valence-electron chi connectivity index (χ3n) is 3.96. The molecule has 0 saturated heterocycles. The van der Waals surface area contributed by atoms with Crippen molar-refractivity contribution in [2.24, 2.45) is 0 Å². The van der Waals surface area contributed by atoms with Crippen molar-refractivity contribution in [1.29, 1.82) is 0 Å². The lowest BCUT2D eigenvalue weighted by atomic mass is 10.1. The maximum absolute atomic E-state index is 12.0. The van der Waals surface area contributed by atoms with Gasteiger partial charge in [0.2, 0.25) is 5.91 Å². The van der Waals surface area contributed by atoms with E-state index in [0.717, 1.165) is 22.0 Å². The first-order valence-corrected chi connectivity index (χ1v) is 7.87. The monoisotopic (exact) mass is 321 g/mol. The molecule has 3 rings (SSSR count). The smallest absolute Gasteiger partial charge is 0.269 e. The van der Waals surface area contributed by atoms with E-state index in [2.05, 4.69) is 16.4 Å².